The summed E-state index contributed by atoms with van der Waals surface area (Å²) in [6, 6.07) is 8.15. The summed E-state index contributed by atoms with van der Waals surface area (Å²) in [5.41, 5.74) is 1.22. The monoisotopic (exact) mass is 325 g/mol. The first-order valence-electron chi connectivity index (χ1n) is 6.82. The van der Waals surface area contributed by atoms with E-state index < -0.39 is 0 Å². The summed E-state index contributed by atoms with van der Waals surface area (Å²) in [6.07, 6.45) is 2.52. The molecule has 1 aliphatic rings. The van der Waals surface area contributed by atoms with Gasteiger partial charge in [-0.3, -0.25) is 4.79 Å². The van der Waals surface area contributed by atoms with Crippen molar-refractivity contribution in [3.05, 3.63) is 29.8 Å². The normalized spacial score (nSPS) is 18.9. The second kappa shape index (κ2) is 6.94. The Morgan fingerprint density at radius 1 is 1.47 bits per heavy atom. The van der Waals surface area contributed by atoms with Gasteiger partial charge < -0.3 is 9.64 Å². The number of hydrogen-bond donors (Lipinski definition) is 0. The fourth-order valence-corrected chi connectivity index (χ4v) is 2.84. The topological polar surface area (TPSA) is 29.5 Å². The van der Waals surface area contributed by atoms with E-state index in [0.29, 0.717) is 11.2 Å². The first kappa shape index (κ1) is 14.4. The predicted molar refractivity (Wildman–Crippen MR) is 79.8 cm³/mol. The molecule has 0 spiro atoms. The molecule has 1 heterocycles. The highest BCUT2D eigenvalue weighted by molar-refractivity contribution is 9.09. The molecular weight excluding hydrogens is 306 g/mol. The van der Waals surface area contributed by atoms with Crippen molar-refractivity contribution in [2.75, 3.05) is 19.7 Å². The number of alkyl halides is 1. The van der Waals surface area contributed by atoms with Crippen LogP contribution in [0.3, 0.4) is 0 Å². The number of hydrogen-bond acceptors (Lipinski definition) is 2. The number of rotatable bonds is 6. The Kier molecular flexibility index (Phi) is 5.25. The van der Waals surface area contributed by atoms with Crippen molar-refractivity contribution >= 4 is 21.8 Å². The van der Waals surface area contributed by atoms with E-state index in [4.69, 9.17) is 4.74 Å². The van der Waals surface area contributed by atoms with Crippen LogP contribution < -0.4 is 4.74 Å². The third-order valence-electron chi connectivity index (χ3n) is 3.21. The fraction of sp³-hybridized carbons (Fsp3) is 0.533. The van der Waals surface area contributed by atoms with Gasteiger partial charge in [-0.2, -0.15) is 0 Å². The van der Waals surface area contributed by atoms with Gasteiger partial charge in [0.2, 0.25) is 5.91 Å². The van der Waals surface area contributed by atoms with Crippen LogP contribution >= 0.6 is 15.9 Å². The van der Waals surface area contributed by atoms with Crippen molar-refractivity contribution in [1.29, 1.82) is 0 Å². The molecule has 1 aromatic rings. The zero-order valence-electron chi connectivity index (χ0n) is 11.3. The molecule has 19 heavy (non-hydrogen) atoms. The molecule has 104 valence electrons. The molecule has 0 saturated carbocycles. The number of ether oxygens (including phenoxy) is 1. The lowest BCUT2D eigenvalue weighted by Gasteiger charge is -2.16. The molecule has 1 fully saturated rings. The molecule has 2 rings (SSSR count). The van der Waals surface area contributed by atoms with Gasteiger partial charge in [0.1, 0.15) is 5.75 Å². The second-order valence-electron chi connectivity index (χ2n) is 4.89. The Morgan fingerprint density at radius 2 is 2.32 bits per heavy atom. The van der Waals surface area contributed by atoms with Gasteiger partial charge in [-0.25, -0.2) is 0 Å². The number of likely N-dealkylation sites (tertiary alicyclic amines) is 1. The zero-order chi connectivity index (χ0) is 13.7. The van der Waals surface area contributed by atoms with Crippen molar-refractivity contribution in [3.63, 3.8) is 0 Å². The average molecular weight is 326 g/mol. The summed E-state index contributed by atoms with van der Waals surface area (Å²) >= 11 is 3.50. The first-order chi connectivity index (χ1) is 9.19. The largest absolute Gasteiger partial charge is 0.494 e. The van der Waals surface area contributed by atoms with Crippen molar-refractivity contribution in [2.45, 2.75) is 31.0 Å². The van der Waals surface area contributed by atoms with Crippen LogP contribution in [0.4, 0.5) is 0 Å². The standard InChI is InChI=1S/C15H20BrNO2/c1-2-8-19-14-5-3-4-12(9-14)6-7-17-11-13(16)10-15(17)18/h3-5,9,13H,2,6-8,10-11H2,1H3. The van der Waals surface area contributed by atoms with Crippen LogP contribution in [0.2, 0.25) is 0 Å². The number of halogens is 1. The van der Waals surface area contributed by atoms with Gasteiger partial charge in [0.15, 0.2) is 0 Å². The lowest BCUT2D eigenvalue weighted by molar-refractivity contribution is -0.127. The highest BCUT2D eigenvalue weighted by Crippen LogP contribution is 2.19. The van der Waals surface area contributed by atoms with Crippen molar-refractivity contribution < 1.29 is 9.53 Å². The van der Waals surface area contributed by atoms with E-state index in [1.54, 1.807) is 0 Å². The lowest BCUT2D eigenvalue weighted by atomic mass is 10.1. The Balaban J connectivity index is 1.87. The van der Waals surface area contributed by atoms with E-state index in [2.05, 4.69) is 35.0 Å². The maximum atomic E-state index is 11.7. The van der Waals surface area contributed by atoms with Gasteiger partial charge >= 0.3 is 0 Å². The molecular formula is C15H20BrNO2. The van der Waals surface area contributed by atoms with Crippen LogP contribution in [-0.4, -0.2) is 35.3 Å². The van der Waals surface area contributed by atoms with Gasteiger partial charge in [0.25, 0.3) is 0 Å². The summed E-state index contributed by atoms with van der Waals surface area (Å²) in [7, 11) is 0. The SMILES string of the molecule is CCCOc1cccc(CCN2CC(Br)CC2=O)c1. The van der Waals surface area contributed by atoms with Crippen molar-refractivity contribution in [1.82, 2.24) is 4.90 Å². The molecule has 0 aliphatic carbocycles. The molecule has 4 heteroatoms. The van der Waals surface area contributed by atoms with Crippen molar-refractivity contribution in [2.24, 2.45) is 0 Å². The highest BCUT2D eigenvalue weighted by Gasteiger charge is 2.26. The van der Waals surface area contributed by atoms with Crippen LogP contribution in [0.25, 0.3) is 0 Å². The molecule has 3 nitrogen and oxygen atoms in total. The highest BCUT2D eigenvalue weighted by atomic mass is 79.9. The number of benzene rings is 1. The second-order valence-corrected chi connectivity index (χ2v) is 6.18. The summed E-state index contributed by atoms with van der Waals surface area (Å²) in [5.74, 6) is 1.17. The molecule has 1 aromatic carbocycles. The van der Waals surface area contributed by atoms with Gasteiger partial charge in [0, 0.05) is 24.3 Å². The average Bonchev–Trinajstić information content (AvgIpc) is 2.73. The van der Waals surface area contributed by atoms with Crippen molar-refractivity contribution in [3.8, 4) is 5.75 Å². The predicted octanol–water partition coefficient (Wildman–Crippen LogP) is 3.01. The van der Waals surface area contributed by atoms with Crippen LogP contribution in [0.1, 0.15) is 25.3 Å². The molecule has 0 aromatic heterocycles. The summed E-state index contributed by atoms with van der Waals surface area (Å²) in [5, 5.41) is 0. The van der Waals surface area contributed by atoms with Crippen LogP contribution in [0.15, 0.2) is 24.3 Å². The molecule has 1 unspecified atom stereocenters. The quantitative estimate of drug-likeness (QED) is 0.752. The molecule has 1 amide bonds. The minimum Gasteiger partial charge on any atom is -0.494 e. The minimum atomic E-state index is 0.250. The Morgan fingerprint density at radius 3 is 3.00 bits per heavy atom. The van der Waals surface area contributed by atoms with Gasteiger partial charge in [-0.05, 0) is 30.5 Å². The van der Waals surface area contributed by atoms with Gasteiger partial charge in [-0.1, -0.05) is 35.0 Å². The van der Waals surface area contributed by atoms with Gasteiger partial charge in [0.05, 0.1) is 6.61 Å². The maximum Gasteiger partial charge on any atom is 0.223 e. The fourth-order valence-electron chi connectivity index (χ4n) is 2.21. The third kappa shape index (κ3) is 4.23. The summed E-state index contributed by atoms with van der Waals surface area (Å²) in [4.78, 5) is 13.9. The molecule has 0 bridgehead atoms. The van der Waals surface area contributed by atoms with E-state index in [0.717, 1.165) is 38.3 Å². The lowest BCUT2D eigenvalue weighted by Crippen LogP contribution is -2.27. The molecule has 1 saturated heterocycles. The van der Waals surface area contributed by atoms with Gasteiger partial charge in [-0.15, -0.1) is 0 Å². The molecule has 1 aliphatic heterocycles. The smallest absolute Gasteiger partial charge is 0.223 e. The number of carbonyl (C=O) groups excluding carboxylic acids is 1. The molecule has 0 radical (unpaired) electrons. The number of nitrogens with zero attached hydrogens (tertiary/aromatic N) is 1. The van der Waals surface area contributed by atoms with E-state index in [9.17, 15) is 4.79 Å². The van der Waals surface area contributed by atoms with Crippen LogP contribution in [-0.2, 0) is 11.2 Å². The molecule has 0 N–H and O–H groups in total. The first-order valence-corrected chi connectivity index (χ1v) is 7.74. The zero-order valence-corrected chi connectivity index (χ0v) is 12.9. The maximum absolute atomic E-state index is 11.7. The number of amides is 1. The van der Waals surface area contributed by atoms with Crippen LogP contribution in [0.5, 0.6) is 5.75 Å². The summed E-state index contributed by atoms with van der Waals surface area (Å²) in [6.45, 7) is 4.46. The van der Waals surface area contributed by atoms with Crippen LogP contribution in [0, 0.1) is 0 Å². The van der Waals surface area contributed by atoms with E-state index >= 15 is 0 Å². The Hall–Kier alpha value is -1.03. The van der Waals surface area contributed by atoms with E-state index in [1.807, 2.05) is 17.0 Å². The van der Waals surface area contributed by atoms with E-state index in [1.165, 1.54) is 5.56 Å². The number of carbonyl (C=O) groups is 1. The van der Waals surface area contributed by atoms with E-state index in [-0.39, 0.29) is 5.91 Å². The molecule has 1 atom stereocenters. The minimum absolute atomic E-state index is 0.250. The summed E-state index contributed by atoms with van der Waals surface area (Å²) < 4.78 is 5.62. The third-order valence-corrected chi connectivity index (χ3v) is 3.82. The Bertz CT molecular complexity index is 436. The Labute approximate surface area is 123 Å².